The summed E-state index contributed by atoms with van der Waals surface area (Å²) in [6.07, 6.45) is -3.32. The lowest BCUT2D eigenvalue weighted by molar-refractivity contribution is -0.192. The van der Waals surface area contributed by atoms with Gasteiger partial charge in [-0.15, -0.1) is 0 Å². The first-order chi connectivity index (χ1) is 13.6. The predicted octanol–water partition coefficient (Wildman–Crippen LogP) is 1.99. The second-order valence-electron chi connectivity index (χ2n) is 5.77. The summed E-state index contributed by atoms with van der Waals surface area (Å²) < 4.78 is 41.9. The molecule has 11 heteroatoms. The zero-order valence-electron chi connectivity index (χ0n) is 15.5. The van der Waals surface area contributed by atoms with E-state index < -0.39 is 18.1 Å². The van der Waals surface area contributed by atoms with E-state index >= 15 is 0 Å². The van der Waals surface area contributed by atoms with Gasteiger partial charge in [-0.3, -0.25) is 9.59 Å². The van der Waals surface area contributed by atoms with E-state index in [9.17, 15) is 22.8 Å². The van der Waals surface area contributed by atoms with Gasteiger partial charge >= 0.3 is 18.1 Å². The van der Waals surface area contributed by atoms with Crippen molar-refractivity contribution in [3.8, 4) is 5.75 Å². The van der Waals surface area contributed by atoms with Crippen LogP contribution in [-0.2, 0) is 20.7 Å². The minimum Gasteiger partial charge on any atom is -0.494 e. The molecule has 1 aromatic heterocycles. The summed E-state index contributed by atoms with van der Waals surface area (Å²) in [7, 11) is 1.30. The molecule has 1 aromatic carbocycles. The van der Waals surface area contributed by atoms with E-state index in [0.29, 0.717) is 30.0 Å². The Balaban J connectivity index is 0.000000516. The van der Waals surface area contributed by atoms with Crippen LogP contribution in [-0.4, -0.2) is 48.5 Å². The first kappa shape index (κ1) is 24.0. The highest BCUT2D eigenvalue weighted by Crippen LogP contribution is 2.19. The molecular weight excluding hydrogens is 397 g/mol. The lowest BCUT2D eigenvalue weighted by atomic mass is 10.1. The van der Waals surface area contributed by atoms with Gasteiger partial charge in [0.15, 0.2) is 0 Å². The second-order valence-corrected chi connectivity index (χ2v) is 5.77. The number of carboxylic acids is 1. The number of carbonyl (C=O) groups is 2. The van der Waals surface area contributed by atoms with Crippen molar-refractivity contribution in [2.75, 3.05) is 20.3 Å². The normalized spacial score (nSPS) is 10.8. The summed E-state index contributed by atoms with van der Waals surface area (Å²) in [6, 6.07) is 7.17. The summed E-state index contributed by atoms with van der Waals surface area (Å²) in [5, 5.41) is 7.97. The monoisotopic (exact) mass is 418 g/mol. The molecular formula is C18H21F3N2O6. The number of hydrogen-bond donors (Lipinski definition) is 3. The molecule has 0 amide bonds. The van der Waals surface area contributed by atoms with Crippen LogP contribution in [0.15, 0.2) is 29.1 Å². The number of aromatic nitrogens is 1. The molecule has 0 spiro atoms. The minimum atomic E-state index is -5.08. The molecule has 0 saturated carbocycles. The van der Waals surface area contributed by atoms with Gasteiger partial charge in [0, 0.05) is 11.6 Å². The van der Waals surface area contributed by atoms with Gasteiger partial charge in [0.25, 0.3) is 5.56 Å². The Bertz CT molecular complexity index is 895. The molecule has 0 unspecified atom stereocenters. The Hall–Kier alpha value is -3.08. The first-order valence-electron chi connectivity index (χ1n) is 8.44. The molecule has 0 aliphatic heterocycles. The minimum absolute atomic E-state index is 0.0425. The standard InChI is InChI=1S/C16H20N2O4.C2HF3O2/c1-21-15(19)9-12-8-11-4-5-13(22-7-3-2-6-17)10-14(11)18-16(12)20;3-2(4,5)1(6)7/h4-5,8,10H,2-3,6-7,9,17H2,1H3,(H,18,20);(H,6,7). The van der Waals surface area contributed by atoms with Crippen molar-refractivity contribution in [3.05, 3.63) is 40.2 Å². The number of carboxylic acid groups (broad SMARTS) is 1. The van der Waals surface area contributed by atoms with Crippen molar-refractivity contribution < 1.29 is 37.3 Å². The van der Waals surface area contributed by atoms with Gasteiger partial charge in [0.1, 0.15) is 5.75 Å². The van der Waals surface area contributed by atoms with Crippen molar-refractivity contribution in [2.45, 2.75) is 25.4 Å². The molecule has 0 aliphatic rings. The SMILES string of the molecule is COC(=O)Cc1cc2ccc(OCCCCN)cc2[nH]c1=O.O=C(O)C(F)(F)F. The van der Waals surface area contributed by atoms with Crippen molar-refractivity contribution in [1.82, 2.24) is 4.98 Å². The summed E-state index contributed by atoms with van der Waals surface area (Å²) >= 11 is 0. The van der Waals surface area contributed by atoms with Crippen LogP contribution in [0.4, 0.5) is 13.2 Å². The topological polar surface area (TPSA) is 132 Å². The summed E-state index contributed by atoms with van der Waals surface area (Å²) in [5.74, 6) is -2.50. The zero-order valence-corrected chi connectivity index (χ0v) is 15.5. The van der Waals surface area contributed by atoms with Crippen molar-refractivity contribution in [1.29, 1.82) is 0 Å². The van der Waals surface area contributed by atoms with Crippen LogP contribution in [0.5, 0.6) is 5.75 Å². The Morgan fingerprint density at radius 3 is 2.41 bits per heavy atom. The maximum absolute atomic E-state index is 12.0. The number of fused-ring (bicyclic) bond motifs is 1. The van der Waals surface area contributed by atoms with Crippen molar-refractivity contribution in [3.63, 3.8) is 0 Å². The number of alkyl halides is 3. The summed E-state index contributed by atoms with van der Waals surface area (Å²) in [5.41, 5.74) is 6.20. The van der Waals surface area contributed by atoms with Gasteiger partial charge in [0.05, 0.1) is 25.7 Å². The highest BCUT2D eigenvalue weighted by molar-refractivity contribution is 5.82. The van der Waals surface area contributed by atoms with Gasteiger partial charge < -0.3 is 25.3 Å². The third-order valence-corrected chi connectivity index (χ3v) is 3.57. The molecule has 0 atom stereocenters. The average molecular weight is 418 g/mol. The van der Waals surface area contributed by atoms with Gasteiger partial charge in [-0.2, -0.15) is 13.2 Å². The lowest BCUT2D eigenvalue weighted by Gasteiger charge is -2.08. The zero-order chi connectivity index (χ0) is 22.0. The van der Waals surface area contributed by atoms with Crippen LogP contribution in [0.25, 0.3) is 10.9 Å². The van der Waals surface area contributed by atoms with E-state index in [2.05, 4.69) is 9.72 Å². The molecule has 1 heterocycles. The van der Waals surface area contributed by atoms with Gasteiger partial charge in [-0.05, 0) is 43.0 Å². The fourth-order valence-corrected chi connectivity index (χ4v) is 2.11. The fourth-order valence-electron chi connectivity index (χ4n) is 2.11. The number of H-pyrrole nitrogens is 1. The highest BCUT2D eigenvalue weighted by atomic mass is 19.4. The third-order valence-electron chi connectivity index (χ3n) is 3.57. The van der Waals surface area contributed by atoms with Crippen LogP contribution < -0.4 is 16.0 Å². The molecule has 0 radical (unpaired) electrons. The number of benzene rings is 1. The van der Waals surface area contributed by atoms with E-state index in [1.54, 1.807) is 12.1 Å². The number of esters is 1. The summed E-state index contributed by atoms with van der Waals surface area (Å²) in [6.45, 7) is 1.24. The number of nitrogens with one attached hydrogen (secondary N) is 1. The number of ether oxygens (including phenoxy) is 2. The van der Waals surface area contributed by atoms with E-state index in [-0.39, 0.29) is 12.0 Å². The Labute approximate surface area is 163 Å². The number of pyridine rings is 1. The predicted molar refractivity (Wildman–Crippen MR) is 97.8 cm³/mol. The molecule has 29 heavy (non-hydrogen) atoms. The van der Waals surface area contributed by atoms with E-state index in [1.165, 1.54) is 7.11 Å². The largest absolute Gasteiger partial charge is 0.494 e. The molecule has 0 aliphatic carbocycles. The molecule has 4 N–H and O–H groups in total. The van der Waals surface area contributed by atoms with Crippen LogP contribution in [0, 0.1) is 0 Å². The molecule has 0 saturated heterocycles. The second kappa shape index (κ2) is 11.1. The van der Waals surface area contributed by atoms with Gasteiger partial charge in [-0.1, -0.05) is 0 Å². The quantitative estimate of drug-likeness (QED) is 0.463. The molecule has 160 valence electrons. The van der Waals surface area contributed by atoms with Crippen LogP contribution in [0.1, 0.15) is 18.4 Å². The number of hydrogen-bond acceptors (Lipinski definition) is 6. The molecule has 2 aromatic rings. The molecule has 2 rings (SSSR count). The van der Waals surface area contributed by atoms with Crippen molar-refractivity contribution in [2.24, 2.45) is 5.73 Å². The molecule has 8 nitrogen and oxygen atoms in total. The van der Waals surface area contributed by atoms with E-state index in [1.807, 2.05) is 12.1 Å². The number of nitrogens with two attached hydrogens (primary N) is 1. The molecule has 0 fully saturated rings. The average Bonchev–Trinajstić information content (AvgIpc) is 2.65. The van der Waals surface area contributed by atoms with E-state index in [0.717, 1.165) is 18.2 Å². The Morgan fingerprint density at radius 2 is 1.86 bits per heavy atom. The number of aliphatic carboxylic acids is 1. The summed E-state index contributed by atoms with van der Waals surface area (Å²) in [4.78, 5) is 34.9. The Morgan fingerprint density at radius 1 is 1.21 bits per heavy atom. The third kappa shape index (κ3) is 8.21. The first-order valence-corrected chi connectivity index (χ1v) is 8.44. The van der Waals surface area contributed by atoms with Crippen LogP contribution >= 0.6 is 0 Å². The lowest BCUT2D eigenvalue weighted by Crippen LogP contribution is -2.21. The van der Waals surface area contributed by atoms with Gasteiger partial charge in [0.2, 0.25) is 0 Å². The number of methoxy groups -OCH3 is 1. The fraction of sp³-hybridized carbons (Fsp3) is 0.389. The van der Waals surface area contributed by atoms with E-state index in [4.69, 9.17) is 20.4 Å². The number of unbranched alkanes of at least 4 members (excludes halogenated alkanes) is 1. The van der Waals surface area contributed by atoms with Gasteiger partial charge in [-0.25, -0.2) is 4.79 Å². The van der Waals surface area contributed by atoms with Crippen molar-refractivity contribution >= 4 is 22.8 Å². The highest BCUT2D eigenvalue weighted by Gasteiger charge is 2.38. The number of rotatable bonds is 7. The number of carbonyl (C=O) groups excluding carboxylic acids is 1. The van der Waals surface area contributed by atoms with Crippen LogP contribution in [0.2, 0.25) is 0 Å². The maximum Gasteiger partial charge on any atom is 0.490 e. The molecule has 0 bridgehead atoms. The number of aromatic amines is 1. The van der Waals surface area contributed by atoms with Crippen LogP contribution in [0.3, 0.4) is 0 Å². The number of halogens is 3. The maximum atomic E-state index is 12.0. The smallest absolute Gasteiger partial charge is 0.490 e. The Kier molecular flexibility index (Phi) is 9.13.